The average molecular weight is 318 g/mol. The van der Waals surface area contributed by atoms with E-state index in [0.717, 1.165) is 57.8 Å². The van der Waals surface area contributed by atoms with Gasteiger partial charge in [0.15, 0.2) is 0 Å². The van der Waals surface area contributed by atoms with Crippen LogP contribution in [0.3, 0.4) is 0 Å². The Hall–Kier alpha value is -1.86. The Labute approximate surface area is 137 Å². The molecule has 0 aromatic carbocycles. The van der Waals surface area contributed by atoms with Crippen molar-refractivity contribution in [2.75, 3.05) is 51.2 Å². The topological polar surface area (TPSA) is 90.5 Å². The second-order valence-corrected chi connectivity index (χ2v) is 6.32. The Morgan fingerprint density at radius 2 is 1.96 bits per heavy atom. The van der Waals surface area contributed by atoms with Gasteiger partial charge in [-0.25, -0.2) is 4.98 Å². The van der Waals surface area contributed by atoms with Crippen molar-refractivity contribution >= 4 is 11.5 Å². The zero-order chi connectivity index (χ0) is 16.2. The third-order valence-corrected chi connectivity index (χ3v) is 4.50. The maximum absolute atomic E-state index is 7.71. The molecule has 126 valence electrons. The van der Waals surface area contributed by atoms with Crippen LogP contribution in [-0.4, -0.2) is 68.1 Å². The molecule has 0 amide bonds. The second-order valence-electron chi connectivity index (χ2n) is 6.32. The first-order valence-corrected chi connectivity index (χ1v) is 8.29. The molecular formula is C16H26N6O. The minimum absolute atomic E-state index is 0.0183. The molecule has 0 atom stereocenters. The SMILES string of the molecule is CN1CCC(Oc2cc(N3CCNCC3)cc(C(=N)N)n2)CC1. The number of pyridine rings is 1. The summed E-state index contributed by atoms with van der Waals surface area (Å²) in [5, 5.41) is 11.1. The van der Waals surface area contributed by atoms with Gasteiger partial charge in [0.25, 0.3) is 0 Å². The number of nitrogens with zero attached hydrogens (tertiary/aromatic N) is 3. The van der Waals surface area contributed by atoms with Crippen molar-refractivity contribution in [3.8, 4) is 5.88 Å². The van der Waals surface area contributed by atoms with Crippen molar-refractivity contribution in [2.24, 2.45) is 5.73 Å². The molecule has 23 heavy (non-hydrogen) atoms. The van der Waals surface area contributed by atoms with Crippen LogP contribution in [0.15, 0.2) is 12.1 Å². The number of hydrogen-bond donors (Lipinski definition) is 3. The van der Waals surface area contributed by atoms with E-state index < -0.39 is 0 Å². The van der Waals surface area contributed by atoms with Gasteiger partial charge in [-0.2, -0.15) is 0 Å². The zero-order valence-corrected chi connectivity index (χ0v) is 13.7. The van der Waals surface area contributed by atoms with Gasteiger partial charge in [0.1, 0.15) is 17.6 Å². The van der Waals surface area contributed by atoms with Crippen LogP contribution in [0.2, 0.25) is 0 Å². The second kappa shape index (κ2) is 7.14. The molecule has 1 aromatic rings. The first-order valence-electron chi connectivity index (χ1n) is 8.29. The summed E-state index contributed by atoms with van der Waals surface area (Å²) in [6.07, 6.45) is 2.20. The van der Waals surface area contributed by atoms with Crippen molar-refractivity contribution in [2.45, 2.75) is 18.9 Å². The number of amidine groups is 1. The highest BCUT2D eigenvalue weighted by molar-refractivity contribution is 5.94. The fraction of sp³-hybridized carbons (Fsp3) is 0.625. The number of nitrogens with one attached hydrogen (secondary N) is 2. The summed E-state index contributed by atoms with van der Waals surface area (Å²) in [7, 11) is 2.13. The van der Waals surface area contributed by atoms with E-state index >= 15 is 0 Å². The zero-order valence-electron chi connectivity index (χ0n) is 13.7. The monoisotopic (exact) mass is 318 g/mol. The Morgan fingerprint density at radius 3 is 2.61 bits per heavy atom. The Balaban J connectivity index is 1.78. The summed E-state index contributed by atoms with van der Waals surface area (Å²) in [6, 6.07) is 3.87. The van der Waals surface area contributed by atoms with Gasteiger partial charge in [-0.1, -0.05) is 0 Å². The van der Waals surface area contributed by atoms with Crippen molar-refractivity contribution in [1.82, 2.24) is 15.2 Å². The standard InChI is InChI=1S/C16H26N6O/c1-21-6-2-13(3-7-21)23-15-11-12(10-14(20-15)16(17)18)22-8-4-19-5-9-22/h10-11,13,19H,2-9H2,1H3,(H3,17,18). The Morgan fingerprint density at radius 1 is 1.26 bits per heavy atom. The highest BCUT2D eigenvalue weighted by Crippen LogP contribution is 2.24. The molecule has 4 N–H and O–H groups in total. The highest BCUT2D eigenvalue weighted by atomic mass is 16.5. The smallest absolute Gasteiger partial charge is 0.216 e. The summed E-state index contributed by atoms with van der Waals surface area (Å²) in [6.45, 7) is 5.89. The van der Waals surface area contributed by atoms with Gasteiger partial charge in [-0.15, -0.1) is 0 Å². The highest BCUT2D eigenvalue weighted by Gasteiger charge is 2.20. The molecule has 0 radical (unpaired) electrons. The quantitative estimate of drug-likeness (QED) is 0.544. The van der Waals surface area contributed by atoms with Gasteiger partial charge in [0.2, 0.25) is 5.88 Å². The summed E-state index contributed by atoms with van der Waals surface area (Å²) in [5.41, 5.74) is 7.19. The largest absolute Gasteiger partial charge is 0.474 e. The van der Waals surface area contributed by atoms with Crippen molar-refractivity contribution in [3.05, 3.63) is 17.8 Å². The lowest BCUT2D eigenvalue weighted by Crippen LogP contribution is -2.43. The molecule has 3 heterocycles. The van der Waals surface area contributed by atoms with E-state index in [0.29, 0.717) is 11.6 Å². The van der Waals surface area contributed by atoms with Crippen molar-refractivity contribution in [3.63, 3.8) is 0 Å². The van der Waals surface area contributed by atoms with Crippen LogP contribution < -0.4 is 20.7 Å². The van der Waals surface area contributed by atoms with Crippen molar-refractivity contribution < 1.29 is 4.74 Å². The molecular weight excluding hydrogens is 292 g/mol. The van der Waals surface area contributed by atoms with Gasteiger partial charge >= 0.3 is 0 Å². The Bertz CT molecular complexity index is 550. The van der Waals surface area contributed by atoms with E-state index in [9.17, 15) is 0 Å². The van der Waals surface area contributed by atoms with Gasteiger partial charge in [-0.05, 0) is 26.0 Å². The fourth-order valence-corrected chi connectivity index (χ4v) is 3.07. The Kier molecular flexibility index (Phi) is 4.97. The lowest BCUT2D eigenvalue weighted by molar-refractivity contribution is 0.110. The number of piperidine rings is 1. The number of aromatic nitrogens is 1. The van der Waals surface area contributed by atoms with Crippen LogP contribution >= 0.6 is 0 Å². The lowest BCUT2D eigenvalue weighted by atomic mass is 10.1. The normalized spacial score (nSPS) is 20.5. The molecule has 0 spiro atoms. The maximum Gasteiger partial charge on any atom is 0.216 e. The molecule has 3 rings (SSSR count). The van der Waals surface area contributed by atoms with E-state index in [4.69, 9.17) is 15.9 Å². The first-order chi connectivity index (χ1) is 11.1. The van der Waals surface area contributed by atoms with Crippen LogP contribution in [0, 0.1) is 5.41 Å². The molecule has 0 bridgehead atoms. The van der Waals surface area contributed by atoms with Crippen LogP contribution in [0.4, 0.5) is 5.69 Å². The molecule has 0 saturated carbocycles. The maximum atomic E-state index is 7.71. The molecule has 2 aliphatic rings. The fourth-order valence-electron chi connectivity index (χ4n) is 3.07. The number of nitrogen functional groups attached to an aromatic ring is 1. The van der Waals surface area contributed by atoms with Crippen LogP contribution in [0.25, 0.3) is 0 Å². The summed E-state index contributed by atoms with van der Waals surface area (Å²) >= 11 is 0. The summed E-state index contributed by atoms with van der Waals surface area (Å²) in [4.78, 5) is 9.01. The van der Waals surface area contributed by atoms with Gasteiger partial charge in [0.05, 0.1) is 0 Å². The van der Waals surface area contributed by atoms with Crippen molar-refractivity contribution in [1.29, 1.82) is 5.41 Å². The number of nitrogens with two attached hydrogens (primary N) is 1. The van der Waals surface area contributed by atoms with Crippen LogP contribution in [0.1, 0.15) is 18.5 Å². The molecule has 2 fully saturated rings. The lowest BCUT2D eigenvalue weighted by Gasteiger charge is -2.31. The number of rotatable bonds is 4. The predicted octanol–water partition coefficient (Wildman–Crippen LogP) is 0.248. The number of ether oxygens (including phenoxy) is 1. The number of likely N-dealkylation sites (tertiary alicyclic amines) is 1. The molecule has 1 aromatic heterocycles. The molecule has 7 heteroatoms. The molecule has 2 saturated heterocycles. The van der Waals surface area contributed by atoms with Crippen LogP contribution in [-0.2, 0) is 0 Å². The third kappa shape index (κ3) is 4.11. The minimum atomic E-state index is -0.0183. The molecule has 0 unspecified atom stereocenters. The predicted molar refractivity (Wildman–Crippen MR) is 91.5 cm³/mol. The number of anilines is 1. The van der Waals surface area contributed by atoms with E-state index in [-0.39, 0.29) is 11.9 Å². The first kappa shape index (κ1) is 16.0. The third-order valence-electron chi connectivity index (χ3n) is 4.50. The molecule has 7 nitrogen and oxygen atoms in total. The van der Waals surface area contributed by atoms with E-state index in [2.05, 4.69) is 27.1 Å². The molecule has 2 aliphatic heterocycles. The average Bonchev–Trinajstić information content (AvgIpc) is 2.57. The summed E-state index contributed by atoms with van der Waals surface area (Å²) in [5.74, 6) is 0.566. The minimum Gasteiger partial charge on any atom is -0.474 e. The van der Waals surface area contributed by atoms with E-state index in [1.807, 2.05) is 12.1 Å². The molecule has 0 aliphatic carbocycles. The van der Waals surface area contributed by atoms with E-state index in [1.165, 1.54) is 0 Å². The van der Waals surface area contributed by atoms with Crippen LogP contribution in [0.5, 0.6) is 5.88 Å². The van der Waals surface area contributed by atoms with Gasteiger partial charge in [-0.3, -0.25) is 5.41 Å². The van der Waals surface area contributed by atoms with Gasteiger partial charge in [0, 0.05) is 51.0 Å². The number of hydrogen-bond acceptors (Lipinski definition) is 6. The van der Waals surface area contributed by atoms with Gasteiger partial charge < -0.3 is 25.6 Å². The number of piperazine rings is 1. The van der Waals surface area contributed by atoms with E-state index in [1.54, 1.807) is 0 Å². The summed E-state index contributed by atoms with van der Waals surface area (Å²) < 4.78 is 6.09.